The van der Waals surface area contributed by atoms with Crippen molar-refractivity contribution in [3.8, 4) is 0 Å². The van der Waals surface area contributed by atoms with Crippen molar-refractivity contribution in [2.45, 2.75) is 32.4 Å². The monoisotopic (exact) mass is 398 g/mol. The zero-order valence-corrected chi connectivity index (χ0v) is 16.6. The van der Waals surface area contributed by atoms with Crippen molar-refractivity contribution < 1.29 is 4.79 Å². The highest BCUT2D eigenvalue weighted by atomic mass is 35.5. The van der Waals surface area contributed by atoms with E-state index in [0.717, 1.165) is 47.9 Å². The average Bonchev–Trinajstić information content (AvgIpc) is 3.26. The van der Waals surface area contributed by atoms with Gasteiger partial charge in [0.15, 0.2) is 5.65 Å². The molecule has 4 rings (SSSR count). The number of nitrogens with one attached hydrogen (secondary N) is 1. The Hall–Kier alpha value is -2.51. The summed E-state index contributed by atoms with van der Waals surface area (Å²) in [5.74, 6) is 0.274. The molecule has 0 saturated carbocycles. The Bertz CT molecular complexity index is 988. The van der Waals surface area contributed by atoms with Gasteiger partial charge in [-0.15, -0.1) is 0 Å². The molecule has 7 nitrogen and oxygen atoms in total. The maximum Gasteiger partial charge on any atom is 0.216 e. The van der Waals surface area contributed by atoms with Crippen LogP contribution in [-0.2, 0) is 17.9 Å². The van der Waals surface area contributed by atoms with Crippen molar-refractivity contribution in [2.24, 2.45) is 0 Å². The normalized spacial score (nSPS) is 17.3. The molecular formula is C20H23ClN6O. The van der Waals surface area contributed by atoms with E-state index in [9.17, 15) is 4.79 Å². The Balaban J connectivity index is 1.50. The number of hydrogen-bond donors (Lipinski definition) is 1. The number of likely N-dealkylation sites (tertiary alicyclic amines) is 1. The van der Waals surface area contributed by atoms with E-state index < -0.39 is 0 Å². The van der Waals surface area contributed by atoms with E-state index in [1.54, 1.807) is 12.4 Å². The number of rotatable bonds is 6. The number of fused-ring (bicyclic) bond motifs is 1. The number of benzene rings is 1. The van der Waals surface area contributed by atoms with Crippen molar-refractivity contribution in [1.29, 1.82) is 0 Å². The van der Waals surface area contributed by atoms with Gasteiger partial charge in [0.2, 0.25) is 5.91 Å². The molecule has 1 N–H and O–H groups in total. The number of amides is 1. The van der Waals surface area contributed by atoms with Gasteiger partial charge >= 0.3 is 0 Å². The molecule has 8 heteroatoms. The van der Waals surface area contributed by atoms with Gasteiger partial charge in [-0.05, 0) is 30.7 Å². The third-order valence-electron chi connectivity index (χ3n) is 5.05. The number of aromatic nitrogens is 4. The highest BCUT2D eigenvalue weighted by Crippen LogP contribution is 2.31. The first-order valence-electron chi connectivity index (χ1n) is 9.49. The number of hydrogen-bond acceptors (Lipinski definition) is 5. The molecule has 28 heavy (non-hydrogen) atoms. The molecule has 1 aliphatic rings. The molecule has 0 spiro atoms. The summed E-state index contributed by atoms with van der Waals surface area (Å²) in [5.41, 5.74) is 3.86. The zero-order valence-electron chi connectivity index (χ0n) is 15.8. The van der Waals surface area contributed by atoms with Crippen LogP contribution in [0.15, 0.2) is 36.7 Å². The van der Waals surface area contributed by atoms with Crippen LogP contribution in [0.4, 0.5) is 0 Å². The van der Waals surface area contributed by atoms with Crippen LogP contribution in [0.2, 0.25) is 5.02 Å². The molecule has 1 saturated heterocycles. The Labute approximate surface area is 168 Å². The van der Waals surface area contributed by atoms with Crippen molar-refractivity contribution in [2.75, 3.05) is 19.6 Å². The highest BCUT2D eigenvalue weighted by molar-refractivity contribution is 6.30. The van der Waals surface area contributed by atoms with Gasteiger partial charge in [-0.3, -0.25) is 9.69 Å². The molecule has 1 fully saturated rings. The fraction of sp³-hybridized carbons (Fsp3) is 0.400. The van der Waals surface area contributed by atoms with Crippen LogP contribution in [0, 0.1) is 0 Å². The first-order valence-corrected chi connectivity index (χ1v) is 9.86. The minimum Gasteiger partial charge on any atom is -0.354 e. The molecule has 0 radical (unpaired) electrons. The topological polar surface area (TPSA) is 75.9 Å². The van der Waals surface area contributed by atoms with Crippen LogP contribution in [0.25, 0.3) is 11.2 Å². The summed E-state index contributed by atoms with van der Waals surface area (Å²) in [6.07, 6.45) is 4.43. The Kier molecular flexibility index (Phi) is 5.54. The Morgan fingerprint density at radius 1 is 1.32 bits per heavy atom. The quantitative estimate of drug-likeness (QED) is 0.690. The average molecular weight is 399 g/mol. The highest BCUT2D eigenvalue weighted by Gasteiger charge is 2.29. The lowest BCUT2D eigenvalue weighted by atomic mass is 10.0. The second-order valence-electron chi connectivity index (χ2n) is 7.17. The molecule has 3 aromatic rings. The minimum atomic E-state index is -0.0461. The Morgan fingerprint density at radius 3 is 3.00 bits per heavy atom. The molecule has 0 bridgehead atoms. The molecule has 3 heterocycles. The predicted octanol–water partition coefficient (Wildman–Crippen LogP) is 2.61. The summed E-state index contributed by atoms with van der Waals surface area (Å²) in [4.78, 5) is 22.6. The smallest absolute Gasteiger partial charge is 0.216 e. The molecule has 1 aliphatic heterocycles. The molecule has 1 amide bonds. The first-order chi connectivity index (χ1) is 13.6. The number of carbonyl (C=O) groups is 1. The van der Waals surface area contributed by atoms with Gasteiger partial charge in [-0.2, -0.15) is 5.10 Å². The van der Waals surface area contributed by atoms with E-state index in [4.69, 9.17) is 16.7 Å². The minimum absolute atomic E-state index is 0.0461. The predicted molar refractivity (Wildman–Crippen MR) is 108 cm³/mol. The largest absolute Gasteiger partial charge is 0.354 e. The van der Waals surface area contributed by atoms with Gasteiger partial charge < -0.3 is 5.32 Å². The van der Waals surface area contributed by atoms with Gasteiger partial charge in [0.1, 0.15) is 5.52 Å². The molecule has 0 aliphatic carbocycles. The van der Waals surface area contributed by atoms with E-state index in [1.165, 1.54) is 12.5 Å². The first kappa shape index (κ1) is 18.8. The van der Waals surface area contributed by atoms with E-state index in [-0.39, 0.29) is 5.91 Å². The zero-order chi connectivity index (χ0) is 19.5. The molecule has 2 aromatic heterocycles. The standard InChI is InChI=1S/C20H23ClN6O/c1-14(28)22-8-10-27-20-19(23-6-7-24-20)18(25-27)16-5-9-26(13-16)12-15-3-2-4-17(21)11-15/h2-4,6-7,11,16H,5,8-10,12-13H2,1H3,(H,22,28). The third-order valence-corrected chi connectivity index (χ3v) is 5.28. The lowest BCUT2D eigenvalue weighted by Gasteiger charge is -2.15. The summed E-state index contributed by atoms with van der Waals surface area (Å²) in [7, 11) is 0. The van der Waals surface area contributed by atoms with Crippen LogP contribution in [-0.4, -0.2) is 50.2 Å². The van der Waals surface area contributed by atoms with Crippen LogP contribution in [0.5, 0.6) is 0 Å². The summed E-state index contributed by atoms with van der Waals surface area (Å²) in [5, 5.41) is 8.40. The number of halogens is 1. The number of nitrogens with zero attached hydrogens (tertiary/aromatic N) is 5. The van der Waals surface area contributed by atoms with Crippen LogP contribution >= 0.6 is 11.6 Å². The summed E-state index contributed by atoms with van der Waals surface area (Å²) in [6.45, 7) is 5.43. The second-order valence-corrected chi connectivity index (χ2v) is 7.61. The second kappa shape index (κ2) is 8.24. The molecule has 1 unspecified atom stereocenters. The maximum absolute atomic E-state index is 11.1. The van der Waals surface area contributed by atoms with Crippen LogP contribution in [0.1, 0.15) is 30.5 Å². The van der Waals surface area contributed by atoms with Crippen molar-refractivity contribution in [3.63, 3.8) is 0 Å². The fourth-order valence-corrected chi connectivity index (χ4v) is 4.00. The van der Waals surface area contributed by atoms with Crippen molar-refractivity contribution in [1.82, 2.24) is 30.0 Å². The van der Waals surface area contributed by atoms with Gasteiger partial charge in [0.25, 0.3) is 0 Å². The van der Waals surface area contributed by atoms with Gasteiger partial charge in [-0.1, -0.05) is 23.7 Å². The third kappa shape index (κ3) is 4.15. The van der Waals surface area contributed by atoms with Crippen molar-refractivity contribution in [3.05, 3.63) is 52.9 Å². The van der Waals surface area contributed by atoms with Crippen LogP contribution < -0.4 is 5.32 Å². The maximum atomic E-state index is 11.1. The fourth-order valence-electron chi connectivity index (χ4n) is 3.79. The van der Waals surface area contributed by atoms with E-state index in [2.05, 4.69) is 26.3 Å². The number of carbonyl (C=O) groups excluding carboxylic acids is 1. The van der Waals surface area contributed by atoms with Gasteiger partial charge in [0, 0.05) is 49.9 Å². The van der Waals surface area contributed by atoms with Gasteiger partial charge in [0.05, 0.1) is 12.2 Å². The van der Waals surface area contributed by atoms with E-state index in [0.29, 0.717) is 19.0 Å². The van der Waals surface area contributed by atoms with Crippen molar-refractivity contribution >= 4 is 28.7 Å². The van der Waals surface area contributed by atoms with Crippen LogP contribution in [0.3, 0.4) is 0 Å². The molecule has 1 aromatic carbocycles. The molecular weight excluding hydrogens is 376 g/mol. The summed E-state index contributed by atoms with van der Waals surface area (Å²) < 4.78 is 1.85. The lowest BCUT2D eigenvalue weighted by Crippen LogP contribution is -2.25. The van der Waals surface area contributed by atoms with E-state index >= 15 is 0 Å². The van der Waals surface area contributed by atoms with Gasteiger partial charge in [-0.25, -0.2) is 14.6 Å². The molecule has 146 valence electrons. The molecule has 1 atom stereocenters. The lowest BCUT2D eigenvalue weighted by molar-refractivity contribution is -0.118. The van der Waals surface area contributed by atoms with E-state index in [1.807, 2.05) is 22.9 Å². The Morgan fingerprint density at radius 2 is 2.18 bits per heavy atom. The summed E-state index contributed by atoms with van der Waals surface area (Å²) in [6, 6.07) is 8.02. The SMILES string of the molecule is CC(=O)NCCn1nc(C2CCN(Cc3cccc(Cl)c3)C2)c2nccnc21. The summed E-state index contributed by atoms with van der Waals surface area (Å²) >= 11 is 6.11.